The first kappa shape index (κ1) is 14.8. The molecule has 3 rings (SSSR count). The number of carbonyl (C=O) groups excluding carboxylic acids is 1. The highest BCUT2D eigenvalue weighted by Crippen LogP contribution is 2.26. The quantitative estimate of drug-likeness (QED) is 0.798. The lowest BCUT2D eigenvalue weighted by atomic mass is 10.1. The summed E-state index contributed by atoms with van der Waals surface area (Å²) in [7, 11) is 1.36. The maximum atomic E-state index is 13.8. The van der Waals surface area contributed by atoms with Gasteiger partial charge in [0.1, 0.15) is 6.17 Å². The third-order valence-electron chi connectivity index (χ3n) is 4.11. The van der Waals surface area contributed by atoms with Crippen molar-refractivity contribution in [2.24, 2.45) is 0 Å². The van der Waals surface area contributed by atoms with Gasteiger partial charge in [-0.25, -0.2) is 9.18 Å². The van der Waals surface area contributed by atoms with E-state index in [-0.39, 0.29) is 5.97 Å². The number of esters is 1. The van der Waals surface area contributed by atoms with Gasteiger partial charge in [-0.05, 0) is 43.5 Å². The lowest BCUT2D eigenvalue weighted by molar-refractivity contribution is 0.0603. The number of alkyl halides is 1. The molecular weight excluding hydrogens is 283 g/mol. The number of fused-ring (bicyclic) bond motifs is 1. The minimum Gasteiger partial charge on any atom is -0.465 e. The molecule has 2 heterocycles. The molecule has 1 aliphatic rings. The Morgan fingerprint density at radius 2 is 2.23 bits per heavy atom. The van der Waals surface area contributed by atoms with E-state index in [0.717, 1.165) is 36.0 Å². The summed E-state index contributed by atoms with van der Waals surface area (Å²) in [5, 5.41) is 0.742. The van der Waals surface area contributed by atoms with E-state index in [2.05, 4.69) is 4.98 Å². The van der Waals surface area contributed by atoms with Crippen LogP contribution in [0.3, 0.4) is 0 Å². The molecule has 1 atom stereocenters. The molecule has 4 nitrogen and oxygen atoms in total. The number of ether oxygens (including phenoxy) is 1. The van der Waals surface area contributed by atoms with E-state index in [0.29, 0.717) is 18.5 Å². The number of nitrogens with zero attached hydrogens (tertiary/aromatic N) is 2. The van der Waals surface area contributed by atoms with Crippen LogP contribution in [0, 0.1) is 0 Å². The number of hydrogen-bond acceptors (Lipinski definition) is 4. The summed E-state index contributed by atoms with van der Waals surface area (Å²) < 4.78 is 18.7. The molecule has 0 amide bonds. The summed E-state index contributed by atoms with van der Waals surface area (Å²) in [4.78, 5) is 18.2. The number of rotatable bonds is 2. The van der Waals surface area contributed by atoms with E-state index in [4.69, 9.17) is 4.74 Å². The minimum absolute atomic E-state index is 0.385. The fourth-order valence-corrected chi connectivity index (χ4v) is 2.94. The van der Waals surface area contributed by atoms with E-state index in [9.17, 15) is 9.18 Å². The molecule has 2 aromatic rings. The number of pyridine rings is 1. The second-order valence-electron chi connectivity index (χ2n) is 5.59. The fourth-order valence-electron chi connectivity index (χ4n) is 2.94. The van der Waals surface area contributed by atoms with Crippen molar-refractivity contribution < 1.29 is 13.9 Å². The summed E-state index contributed by atoms with van der Waals surface area (Å²) in [5.74, 6) is -0.385. The van der Waals surface area contributed by atoms with E-state index < -0.39 is 6.17 Å². The molecule has 22 heavy (non-hydrogen) atoms. The van der Waals surface area contributed by atoms with Gasteiger partial charge in [0.2, 0.25) is 0 Å². The number of benzene rings is 1. The summed E-state index contributed by atoms with van der Waals surface area (Å²) in [6, 6.07) is 7.37. The molecule has 0 saturated carbocycles. The minimum atomic E-state index is -0.799. The van der Waals surface area contributed by atoms with Crippen molar-refractivity contribution in [2.45, 2.75) is 25.4 Å². The Bertz CT molecular complexity index is 689. The van der Waals surface area contributed by atoms with Gasteiger partial charge in [0.25, 0.3) is 0 Å². The molecule has 1 saturated heterocycles. The first-order valence-electron chi connectivity index (χ1n) is 7.55. The van der Waals surface area contributed by atoms with Crippen LogP contribution < -0.4 is 4.90 Å². The molecule has 1 aromatic carbocycles. The molecule has 1 unspecified atom stereocenters. The average molecular weight is 302 g/mol. The molecule has 1 aromatic heterocycles. The van der Waals surface area contributed by atoms with Crippen LogP contribution in [0.25, 0.3) is 10.9 Å². The molecule has 0 bridgehead atoms. The van der Waals surface area contributed by atoms with Crippen LogP contribution in [-0.2, 0) is 4.74 Å². The Kier molecular flexibility index (Phi) is 4.22. The van der Waals surface area contributed by atoms with Crippen LogP contribution >= 0.6 is 0 Å². The average Bonchev–Trinajstić information content (AvgIpc) is 2.77. The van der Waals surface area contributed by atoms with Crippen molar-refractivity contribution in [3.8, 4) is 0 Å². The van der Waals surface area contributed by atoms with Crippen LogP contribution in [-0.4, -0.2) is 37.3 Å². The highest BCUT2D eigenvalue weighted by Gasteiger charge is 2.19. The Hall–Kier alpha value is -2.17. The van der Waals surface area contributed by atoms with Gasteiger partial charge < -0.3 is 9.64 Å². The summed E-state index contributed by atoms with van der Waals surface area (Å²) in [6.45, 7) is 1.24. The van der Waals surface area contributed by atoms with Gasteiger partial charge in [0.05, 0.1) is 18.2 Å². The zero-order chi connectivity index (χ0) is 15.5. The first-order chi connectivity index (χ1) is 10.7. The predicted molar refractivity (Wildman–Crippen MR) is 84.0 cm³/mol. The first-order valence-corrected chi connectivity index (χ1v) is 7.55. The second-order valence-corrected chi connectivity index (χ2v) is 5.59. The number of methoxy groups -OCH3 is 1. The van der Waals surface area contributed by atoms with Gasteiger partial charge in [-0.3, -0.25) is 4.98 Å². The smallest absolute Gasteiger partial charge is 0.338 e. The molecule has 1 aliphatic heterocycles. The fraction of sp³-hybridized carbons (Fsp3) is 0.412. The Morgan fingerprint density at radius 3 is 3.05 bits per heavy atom. The number of hydrogen-bond donors (Lipinski definition) is 0. The second kappa shape index (κ2) is 6.30. The molecular formula is C17H19FN2O2. The highest BCUT2D eigenvalue weighted by molar-refractivity contribution is 6.04. The highest BCUT2D eigenvalue weighted by atomic mass is 19.1. The van der Waals surface area contributed by atoms with Crippen molar-refractivity contribution in [1.82, 2.24) is 4.98 Å². The Balaban J connectivity index is 2.02. The molecule has 116 valence electrons. The maximum Gasteiger partial charge on any atom is 0.338 e. The van der Waals surface area contributed by atoms with Crippen LogP contribution in [0.5, 0.6) is 0 Å². The summed E-state index contributed by atoms with van der Waals surface area (Å²) >= 11 is 0. The van der Waals surface area contributed by atoms with Crippen LogP contribution in [0.1, 0.15) is 29.6 Å². The zero-order valence-electron chi connectivity index (χ0n) is 12.6. The predicted octanol–water partition coefficient (Wildman–Crippen LogP) is 3.35. The van der Waals surface area contributed by atoms with E-state index >= 15 is 0 Å². The zero-order valence-corrected chi connectivity index (χ0v) is 12.6. The monoisotopic (exact) mass is 302 g/mol. The van der Waals surface area contributed by atoms with Gasteiger partial charge in [-0.1, -0.05) is 0 Å². The molecule has 0 N–H and O–H groups in total. The number of carbonyl (C=O) groups is 1. The van der Waals surface area contributed by atoms with Crippen molar-refractivity contribution in [1.29, 1.82) is 0 Å². The van der Waals surface area contributed by atoms with Crippen LogP contribution in [0.15, 0.2) is 30.5 Å². The molecule has 5 heteroatoms. The SMILES string of the molecule is COC(=O)c1ccnc2ccc(N3CCCCC(F)C3)cc12. The van der Waals surface area contributed by atoms with E-state index in [1.54, 1.807) is 12.3 Å². The van der Waals surface area contributed by atoms with E-state index in [1.165, 1.54) is 7.11 Å². The largest absolute Gasteiger partial charge is 0.465 e. The maximum absolute atomic E-state index is 13.8. The number of aromatic nitrogens is 1. The van der Waals surface area contributed by atoms with Crippen molar-refractivity contribution >= 4 is 22.6 Å². The van der Waals surface area contributed by atoms with Gasteiger partial charge in [-0.2, -0.15) is 0 Å². The number of halogens is 1. The van der Waals surface area contributed by atoms with Gasteiger partial charge in [0, 0.05) is 30.4 Å². The van der Waals surface area contributed by atoms with Crippen LogP contribution in [0.2, 0.25) is 0 Å². The van der Waals surface area contributed by atoms with Gasteiger partial charge in [0.15, 0.2) is 0 Å². The van der Waals surface area contributed by atoms with Crippen molar-refractivity contribution in [2.75, 3.05) is 25.1 Å². The summed E-state index contributed by atoms with van der Waals surface area (Å²) in [5.41, 5.74) is 2.15. The van der Waals surface area contributed by atoms with Crippen LogP contribution in [0.4, 0.5) is 10.1 Å². The summed E-state index contributed by atoms with van der Waals surface area (Å²) in [6.07, 6.45) is 3.32. The van der Waals surface area contributed by atoms with Gasteiger partial charge in [-0.15, -0.1) is 0 Å². The third kappa shape index (κ3) is 2.89. The normalized spacial score (nSPS) is 19.0. The Labute approximate surface area is 128 Å². The topological polar surface area (TPSA) is 42.4 Å². The van der Waals surface area contributed by atoms with Crippen molar-refractivity contribution in [3.05, 3.63) is 36.0 Å². The third-order valence-corrected chi connectivity index (χ3v) is 4.11. The Morgan fingerprint density at radius 1 is 1.36 bits per heavy atom. The standard InChI is InChI=1S/C17H19FN2O2/c1-22-17(21)14-7-8-19-16-6-5-13(10-15(14)16)20-9-3-2-4-12(18)11-20/h5-8,10,12H,2-4,9,11H2,1H3. The lowest BCUT2D eigenvalue weighted by Gasteiger charge is -2.24. The molecule has 0 aliphatic carbocycles. The van der Waals surface area contributed by atoms with Crippen molar-refractivity contribution in [3.63, 3.8) is 0 Å². The molecule has 1 fully saturated rings. The molecule has 0 spiro atoms. The lowest BCUT2D eigenvalue weighted by Crippen LogP contribution is -2.28. The van der Waals surface area contributed by atoms with Gasteiger partial charge >= 0.3 is 5.97 Å². The number of anilines is 1. The van der Waals surface area contributed by atoms with E-state index in [1.807, 2.05) is 23.1 Å². The molecule has 0 radical (unpaired) electrons.